The number of nitrogens with zero attached hydrogens (tertiary/aromatic N) is 3. The van der Waals surface area contributed by atoms with Gasteiger partial charge in [-0.3, -0.25) is 0 Å². The highest BCUT2D eigenvalue weighted by Crippen LogP contribution is 2.23. The molecule has 5 nitrogen and oxygen atoms in total. The van der Waals surface area contributed by atoms with E-state index in [4.69, 9.17) is 5.73 Å². The third kappa shape index (κ3) is 3.54. The minimum Gasteiger partial charge on any atom is -0.383 e. The Morgan fingerprint density at radius 1 is 1.35 bits per heavy atom. The summed E-state index contributed by atoms with van der Waals surface area (Å²) in [6.07, 6.45) is 5.29. The maximum absolute atomic E-state index is 5.68. The zero-order valence-corrected chi connectivity index (χ0v) is 11.4. The van der Waals surface area contributed by atoms with Crippen LogP contribution in [0.2, 0.25) is 0 Å². The molecule has 1 aromatic rings. The SMILES string of the molecule is Nc1ncnc(NCCCN2CCCC2)c1Br. The molecule has 0 bridgehead atoms. The van der Waals surface area contributed by atoms with Gasteiger partial charge in [0, 0.05) is 6.54 Å². The molecule has 0 amide bonds. The quantitative estimate of drug-likeness (QED) is 0.811. The predicted octanol–water partition coefficient (Wildman–Crippen LogP) is 1.72. The second-order valence-corrected chi connectivity index (χ2v) is 5.04. The van der Waals surface area contributed by atoms with E-state index in [9.17, 15) is 0 Å². The molecule has 2 rings (SSSR count). The Hall–Kier alpha value is -0.880. The Balaban J connectivity index is 1.72. The Kier molecular flexibility index (Phi) is 4.56. The molecule has 94 valence electrons. The normalized spacial score (nSPS) is 16.3. The highest BCUT2D eigenvalue weighted by atomic mass is 79.9. The number of hydrogen-bond donors (Lipinski definition) is 2. The smallest absolute Gasteiger partial charge is 0.145 e. The van der Waals surface area contributed by atoms with Crippen molar-refractivity contribution in [1.29, 1.82) is 0 Å². The van der Waals surface area contributed by atoms with E-state index in [0.29, 0.717) is 5.82 Å². The lowest BCUT2D eigenvalue weighted by Gasteiger charge is -2.14. The molecule has 1 fully saturated rings. The van der Waals surface area contributed by atoms with Crippen molar-refractivity contribution in [2.45, 2.75) is 19.3 Å². The van der Waals surface area contributed by atoms with E-state index in [1.54, 1.807) is 0 Å². The maximum Gasteiger partial charge on any atom is 0.145 e. The molecule has 0 saturated carbocycles. The van der Waals surface area contributed by atoms with Gasteiger partial charge in [-0.2, -0.15) is 0 Å². The standard InChI is InChI=1S/C11H18BrN5/c12-9-10(13)15-8-16-11(9)14-4-3-7-17-5-1-2-6-17/h8H,1-7H2,(H3,13,14,15,16). The average molecular weight is 300 g/mol. The molecule has 1 aromatic heterocycles. The van der Waals surface area contributed by atoms with Crippen LogP contribution < -0.4 is 11.1 Å². The van der Waals surface area contributed by atoms with E-state index >= 15 is 0 Å². The fraction of sp³-hybridized carbons (Fsp3) is 0.636. The molecule has 0 atom stereocenters. The number of halogens is 1. The number of hydrogen-bond acceptors (Lipinski definition) is 5. The third-order valence-corrected chi connectivity index (χ3v) is 3.74. The summed E-state index contributed by atoms with van der Waals surface area (Å²) in [7, 11) is 0. The van der Waals surface area contributed by atoms with E-state index in [0.717, 1.165) is 29.8 Å². The molecule has 0 unspecified atom stereocenters. The molecule has 1 aliphatic rings. The number of aromatic nitrogens is 2. The van der Waals surface area contributed by atoms with Gasteiger partial charge in [0.2, 0.25) is 0 Å². The highest BCUT2D eigenvalue weighted by molar-refractivity contribution is 9.10. The summed E-state index contributed by atoms with van der Waals surface area (Å²) in [5.74, 6) is 1.25. The van der Waals surface area contributed by atoms with Gasteiger partial charge in [-0.1, -0.05) is 0 Å². The van der Waals surface area contributed by atoms with E-state index < -0.39 is 0 Å². The maximum atomic E-state index is 5.68. The molecule has 0 radical (unpaired) electrons. The van der Waals surface area contributed by atoms with Crippen molar-refractivity contribution in [3.63, 3.8) is 0 Å². The van der Waals surface area contributed by atoms with Crippen LogP contribution in [-0.2, 0) is 0 Å². The molecule has 1 aliphatic heterocycles. The van der Waals surface area contributed by atoms with Crippen LogP contribution in [0.25, 0.3) is 0 Å². The number of likely N-dealkylation sites (tertiary alicyclic amines) is 1. The molecule has 1 saturated heterocycles. The molecule has 6 heteroatoms. The Morgan fingerprint density at radius 3 is 2.88 bits per heavy atom. The summed E-state index contributed by atoms with van der Waals surface area (Å²) in [6.45, 7) is 4.57. The monoisotopic (exact) mass is 299 g/mol. The van der Waals surface area contributed by atoms with Gasteiger partial charge < -0.3 is 16.0 Å². The molecule has 17 heavy (non-hydrogen) atoms. The van der Waals surface area contributed by atoms with Crippen molar-refractivity contribution in [2.24, 2.45) is 0 Å². The highest BCUT2D eigenvalue weighted by Gasteiger charge is 2.10. The lowest BCUT2D eigenvalue weighted by molar-refractivity contribution is 0.337. The molecule has 0 aliphatic carbocycles. The Morgan fingerprint density at radius 2 is 2.12 bits per heavy atom. The predicted molar refractivity (Wildman–Crippen MR) is 72.9 cm³/mol. The summed E-state index contributed by atoms with van der Waals surface area (Å²) in [5, 5.41) is 3.27. The fourth-order valence-corrected chi connectivity index (χ4v) is 2.37. The second kappa shape index (κ2) is 6.16. The van der Waals surface area contributed by atoms with Gasteiger partial charge in [-0.05, 0) is 54.8 Å². The van der Waals surface area contributed by atoms with E-state index in [1.807, 2.05) is 0 Å². The van der Waals surface area contributed by atoms with Gasteiger partial charge in [0.05, 0.1) is 0 Å². The van der Waals surface area contributed by atoms with Crippen LogP contribution in [0.1, 0.15) is 19.3 Å². The van der Waals surface area contributed by atoms with Gasteiger partial charge >= 0.3 is 0 Å². The van der Waals surface area contributed by atoms with Crippen LogP contribution in [0.5, 0.6) is 0 Å². The Labute approximate surface area is 110 Å². The van der Waals surface area contributed by atoms with Gasteiger partial charge in [0.1, 0.15) is 22.4 Å². The fourth-order valence-electron chi connectivity index (χ4n) is 2.02. The van der Waals surface area contributed by atoms with E-state index in [-0.39, 0.29) is 0 Å². The largest absolute Gasteiger partial charge is 0.383 e. The lowest BCUT2D eigenvalue weighted by atomic mass is 10.4. The van der Waals surface area contributed by atoms with E-state index in [1.165, 1.54) is 32.3 Å². The number of nitrogen functional groups attached to an aromatic ring is 1. The molecular formula is C11H18BrN5. The van der Waals surface area contributed by atoms with Crippen molar-refractivity contribution in [3.05, 3.63) is 10.8 Å². The molecule has 0 aromatic carbocycles. The van der Waals surface area contributed by atoms with Gasteiger partial charge in [-0.25, -0.2) is 9.97 Å². The van der Waals surface area contributed by atoms with Gasteiger partial charge in [0.15, 0.2) is 0 Å². The van der Waals surface area contributed by atoms with Crippen molar-refractivity contribution in [3.8, 4) is 0 Å². The number of rotatable bonds is 5. The zero-order valence-electron chi connectivity index (χ0n) is 9.82. The van der Waals surface area contributed by atoms with Crippen molar-refractivity contribution in [2.75, 3.05) is 37.2 Å². The average Bonchev–Trinajstić information content (AvgIpc) is 2.83. The first kappa shape index (κ1) is 12.6. The second-order valence-electron chi connectivity index (χ2n) is 4.25. The number of nitrogens with one attached hydrogen (secondary N) is 1. The van der Waals surface area contributed by atoms with Gasteiger partial charge in [-0.15, -0.1) is 0 Å². The lowest BCUT2D eigenvalue weighted by Crippen LogP contribution is -2.22. The van der Waals surface area contributed by atoms with Crippen LogP contribution in [-0.4, -0.2) is 41.0 Å². The molecular weight excluding hydrogens is 282 g/mol. The first-order valence-electron chi connectivity index (χ1n) is 5.99. The molecule has 0 spiro atoms. The van der Waals surface area contributed by atoms with Crippen molar-refractivity contribution >= 4 is 27.6 Å². The topological polar surface area (TPSA) is 67.1 Å². The van der Waals surface area contributed by atoms with Crippen molar-refractivity contribution in [1.82, 2.24) is 14.9 Å². The number of anilines is 2. The first-order chi connectivity index (χ1) is 8.27. The van der Waals surface area contributed by atoms with Crippen LogP contribution in [0.15, 0.2) is 10.8 Å². The van der Waals surface area contributed by atoms with Crippen LogP contribution in [0, 0.1) is 0 Å². The Bertz CT molecular complexity index is 365. The van der Waals surface area contributed by atoms with Crippen molar-refractivity contribution < 1.29 is 0 Å². The zero-order chi connectivity index (χ0) is 12.1. The first-order valence-corrected chi connectivity index (χ1v) is 6.79. The summed E-state index contributed by atoms with van der Waals surface area (Å²) in [6, 6.07) is 0. The molecule has 2 heterocycles. The van der Waals surface area contributed by atoms with E-state index in [2.05, 4.69) is 36.1 Å². The third-order valence-electron chi connectivity index (χ3n) is 2.96. The van der Waals surface area contributed by atoms with Crippen LogP contribution in [0.4, 0.5) is 11.6 Å². The summed E-state index contributed by atoms with van der Waals surface area (Å²) in [5.41, 5.74) is 5.68. The minimum atomic E-state index is 0.474. The van der Waals surface area contributed by atoms with Crippen LogP contribution >= 0.6 is 15.9 Å². The summed E-state index contributed by atoms with van der Waals surface area (Å²) < 4.78 is 0.751. The summed E-state index contributed by atoms with van der Waals surface area (Å²) in [4.78, 5) is 10.6. The van der Waals surface area contributed by atoms with Gasteiger partial charge in [0.25, 0.3) is 0 Å². The number of nitrogens with two attached hydrogens (primary N) is 1. The molecule has 3 N–H and O–H groups in total. The van der Waals surface area contributed by atoms with Crippen LogP contribution in [0.3, 0.4) is 0 Å². The summed E-state index contributed by atoms with van der Waals surface area (Å²) >= 11 is 3.38. The minimum absolute atomic E-state index is 0.474.